The van der Waals surface area contributed by atoms with Crippen molar-refractivity contribution in [3.05, 3.63) is 11.1 Å². The molecule has 0 spiro atoms. The summed E-state index contributed by atoms with van der Waals surface area (Å²) in [6, 6.07) is 0.999. The highest BCUT2D eigenvalue weighted by Crippen LogP contribution is 2.36. The first kappa shape index (κ1) is 13.0. The molecule has 3 rings (SSSR count). The molecule has 2 fully saturated rings. The van der Waals surface area contributed by atoms with Gasteiger partial charge in [0.05, 0.1) is 11.8 Å². The van der Waals surface area contributed by atoms with Crippen LogP contribution in [0, 0.1) is 0 Å². The summed E-state index contributed by atoms with van der Waals surface area (Å²) in [5, 5.41) is 15.2. The van der Waals surface area contributed by atoms with Crippen LogP contribution in [0.5, 0.6) is 0 Å². The number of amides is 1. The average Bonchev–Trinajstić information content (AvgIpc) is 2.84. The molecule has 1 aromatic heterocycles. The van der Waals surface area contributed by atoms with Crippen LogP contribution in [0.15, 0.2) is 5.38 Å². The summed E-state index contributed by atoms with van der Waals surface area (Å²) in [5.41, 5.74) is 1.02. The van der Waals surface area contributed by atoms with Crippen molar-refractivity contribution >= 4 is 22.4 Å². The van der Waals surface area contributed by atoms with Crippen molar-refractivity contribution in [1.82, 2.24) is 9.88 Å². The number of anilines is 1. The number of aliphatic hydroxyl groups is 1. The van der Waals surface area contributed by atoms with Crippen LogP contribution in [-0.4, -0.2) is 39.1 Å². The first-order valence-electron chi connectivity index (χ1n) is 6.77. The fourth-order valence-electron chi connectivity index (χ4n) is 3.28. The summed E-state index contributed by atoms with van der Waals surface area (Å²) in [4.78, 5) is 17.9. The van der Waals surface area contributed by atoms with Gasteiger partial charge in [0.1, 0.15) is 0 Å². The molecule has 0 radical (unpaired) electrons. The number of carbonyl (C=O) groups excluding carboxylic acids is 1. The minimum Gasteiger partial charge on any atom is -0.393 e. The maximum atomic E-state index is 11.0. The van der Waals surface area contributed by atoms with E-state index < -0.39 is 0 Å². The van der Waals surface area contributed by atoms with E-state index in [-0.39, 0.29) is 12.0 Å². The van der Waals surface area contributed by atoms with E-state index in [9.17, 15) is 9.90 Å². The van der Waals surface area contributed by atoms with Gasteiger partial charge < -0.3 is 10.4 Å². The standard InChI is InChI=1S/C13H19N3O2S/c1-8(17)14-13-15-9(7-19-13)6-16-10-2-3-11(16)5-12(18)4-10/h7,10-12,18H,2-6H2,1H3,(H,14,15,17). The van der Waals surface area contributed by atoms with Crippen molar-refractivity contribution in [2.75, 3.05) is 5.32 Å². The zero-order chi connectivity index (χ0) is 13.4. The van der Waals surface area contributed by atoms with Crippen LogP contribution in [0.25, 0.3) is 0 Å². The van der Waals surface area contributed by atoms with Crippen molar-refractivity contribution in [2.45, 2.75) is 57.3 Å². The highest BCUT2D eigenvalue weighted by molar-refractivity contribution is 7.13. The summed E-state index contributed by atoms with van der Waals surface area (Å²) in [7, 11) is 0. The molecule has 2 unspecified atom stereocenters. The van der Waals surface area contributed by atoms with Gasteiger partial charge >= 0.3 is 0 Å². The van der Waals surface area contributed by atoms with Gasteiger partial charge in [-0.25, -0.2) is 4.98 Å². The quantitative estimate of drug-likeness (QED) is 0.883. The van der Waals surface area contributed by atoms with Crippen molar-refractivity contribution in [3.8, 4) is 0 Å². The lowest BCUT2D eigenvalue weighted by Gasteiger charge is -2.36. The Balaban J connectivity index is 1.65. The highest BCUT2D eigenvalue weighted by atomic mass is 32.1. The second-order valence-electron chi connectivity index (χ2n) is 5.51. The Kier molecular flexibility index (Phi) is 3.56. The van der Waals surface area contributed by atoms with E-state index in [4.69, 9.17) is 0 Å². The van der Waals surface area contributed by atoms with Crippen LogP contribution in [0.2, 0.25) is 0 Å². The molecular weight excluding hydrogens is 262 g/mol. The zero-order valence-electron chi connectivity index (χ0n) is 11.0. The normalized spacial score (nSPS) is 30.5. The molecule has 0 aliphatic carbocycles. The third-order valence-electron chi connectivity index (χ3n) is 4.04. The lowest BCUT2D eigenvalue weighted by Crippen LogP contribution is -2.44. The van der Waals surface area contributed by atoms with Crippen molar-refractivity contribution in [3.63, 3.8) is 0 Å². The number of rotatable bonds is 3. The number of carbonyl (C=O) groups is 1. The van der Waals surface area contributed by atoms with Gasteiger partial charge in [0.15, 0.2) is 5.13 Å². The van der Waals surface area contributed by atoms with Gasteiger partial charge in [-0.3, -0.25) is 9.69 Å². The fraction of sp³-hybridized carbons (Fsp3) is 0.692. The molecule has 2 aliphatic rings. The summed E-state index contributed by atoms with van der Waals surface area (Å²) in [5.74, 6) is -0.0814. The molecule has 2 atom stereocenters. The first-order chi connectivity index (χ1) is 9.11. The molecule has 3 heterocycles. The van der Waals surface area contributed by atoms with Gasteiger partial charge in [-0.05, 0) is 25.7 Å². The van der Waals surface area contributed by atoms with Gasteiger partial charge in [-0.1, -0.05) is 0 Å². The summed E-state index contributed by atoms with van der Waals surface area (Å²) in [6.07, 6.45) is 4.02. The van der Waals surface area contributed by atoms with Crippen LogP contribution in [0.3, 0.4) is 0 Å². The SMILES string of the molecule is CC(=O)Nc1nc(CN2C3CCC2CC(O)C3)cs1. The minimum atomic E-state index is -0.126. The summed E-state index contributed by atoms with van der Waals surface area (Å²) < 4.78 is 0. The monoisotopic (exact) mass is 281 g/mol. The first-order valence-corrected chi connectivity index (χ1v) is 7.65. The van der Waals surface area contributed by atoms with E-state index in [1.807, 2.05) is 5.38 Å². The van der Waals surface area contributed by atoms with Gasteiger partial charge in [-0.2, -0.15) is 0 Å². The Bertz CT molecular complexity index is 462. The Morgan fingerprint density at radius 2 is 2.21 bits per heavy atom. The van der Waals surface area contributed by atoms with Crippen LogP contribution in [0.4, 0.5) is 5.13 Å². The maximum absolute atomic E-state index is 11.0. The number of aromatic nitrogens is 1. The van der Waals surface area contributed by atoms with Crippen LogP contribution < -0.4 is 5.32 Å². The molecular formula is C13H19N3O2S. The molecule has 2 aliphatic heterocycles. The van der Waals surface area contributed by atoms with Crippen LogP contribution >= 0.6 is 11.3 Å². The molecule has 1 amide bonds. The summed E-state index contributed by atoms with van der Waals surface area (Å²) >= 11 is 1.47. The van der Waals surface area contributed by atoms with E-state index in [0.29, 0.717) is 17.2 Å². The van der Waals surface area contributed by atoms with E-state index in [1.165, 1.54) is 31.1 Å². The number of piperidine rings is 1. The van der Waals surface area contributed by atoms with Crippen LogP contribution in [-0.2, 0) is 11.3 Å². The number of aliphatic hydroxyl groups excluding tert-OH is 1. The lowest BCUT2D eigenvalue weighted by atomic mass is 10.00. The third-order valence-corrected chi connectivity index (χ3v) is 4.85. The summed E-state index contributed by atoms with van der Waals surface area (Å²) in [6.45, 7) is 2.32. The fourth-order valence-corrected chi connectivity index (χ4v) is 4.03. The van der Waals surface area contributed by atoms with Gasteiger partial charge in [-0.15, -0.1) is 11.3 Å². The van der Waals surface area contributed by atoms with E-state index in [2.05, 4.69) is 15.2 Å². The van der Waals surface area contributed by atoms with Gasteiger partial charge in [0.25, 0.3) is 0 Å². The predicted octanol–water partition coefficient (Wildman–Crippen LogP) is 1.59. The zero-order valence-corrected chi connectivity index (χ0v) is 11.8. The maximum Gasteiger partial charge on any atom is 0.223 e. The molecule has 19 heavy (non-hydrogen) atoms. The van der Waals surface area contributed by atoms with Crippen molar-refractivity contribution < 1.29 is 9.90 Å². The average molecular weight is 281 g/mol. The van der Waals surface area contributed by atoms with E-state index in [1.54, 1.807) is 0 Å². The Morgan fingerprint density at radius 3 is 2.84 bits per heavy atom. The highest BCUT2D eigenvalue weighted by Gasteiger charge is 2.40. The molecule has 0 aromatic carbocycles. The van der Waals surface area contributed by atoms with Crippen molar-refractivity contribution in [2.24, 2.45) is 0 Å². The Morgan fingerprint density at radius 1 is 1.53 bits per heavy atom. The molecule has 2 bridgehead atoms. The number of thiazole rings is 1. The number of nitrogens with zero attached hydrogens (tertiary/aromatic N) is 2. The second-order valence-corrected chi connectivity index (χ2v) is 6.37. The van der Waals surface area contributed by atoms with Gasteiger partial charge in [0.2, 0.25) is 5.91 Å². The van der Waals surface area contributed by atoms with E-state index >= 15 is 0 Å². The molecule has 2 saturated heterocycles. The molecule has 6 heteroatoms. The number of hydrogen-bond acceptors (Lipinski definition) is 5. The number of nitrogens with one attached hydrogen (secondary N) is 1. The topological polar surface area (TPSA) is 65.5 Å². The molecule has 0 saturated carbocycles. The van der Waals surface area contributed by atoms with Crippen molar-refractivity contribution in [1.29, 1.82) is 0 Å². The molecule has 104 valence electrons. The Hall–Kier alpha value is -0.980. The second kappa shape index (κ2) is 5.19. The third kappa shape index (κ3) is 2.80. The predicted molar refractivity (Wildman–Crippen MR) is 74.0 cm³/mol. The molecule has 5 nitrogen and oxygen atoms in total. The minimum absolute atomic E-state index is 0.0814. The molecule has 2 N–H and O–H groups in total. The number of hydrogen-bond donors (Lipinski definition) is 2. The lowest BCUT2D eigenvalue weighted by molar-refractivity contribution is -0.114. The van der Waals surface area contributed by atoms with Crippen LogP contribution in [0.1, 0.15) is 38.3 Å². The number of fused-ring (bicyclic) bond motifs is 2. The largest absolute Gasteiger partial charge is 0.393 e. The van der Waals surface area contributed by atoms with Gasteiger partial charge in [0, 0.05) is 30.9 Å². The Labute approximate surface area is 116 Å². The smallest absolute Gasteiger partial charge is 0.223 e. The van der Waals surface area contributed by atoms with E-state index in [0.717, 1.165) is 25.1 Å². The molecule has 1 aromatic rings.